The summed E-state index contributed by atoms with van der Waals surface area (Å²) in [7, 11) is -1.75. The van der Waals surface area contributed by atoms with Crippen LogP contribution in [0.15, 0.2) is 58.5 Å². The average Bonchev–Trinajstić information content (AvgIpc) is 3.39. The number of urea groups is 1. The zero-order chi connectivity index (χ0) is 23.2. The quantitative estimate of drug-likeness (QED) is 0.690. The highest BCUT2D eigenvalue weighted by molar-refractivity contribution is 7.89. The maximum atomic E-state index is 13.3. The van der Waals surface area contributed by atoms with E-state index in [4.69, 9.17) is 4.74 Å². The van der Waals surface area contributed by atoms with E-state index in [2.05, 4.69) is 5.32 Å². The number of sulfonamides is 1. The predicted octanol–water partition coefficient (Wildman–Crippen LogP) is 2.18. The summed E-state index contributed by atoms with van der Waals surface area (Å²) in [6.07, 6.45) is 0. The van der Waals surface area contributed by atoms with E-state index in [9.17, 15) is 17.6 Å². The Balaban J connectivity index is 1.20. The first-order chi connectivity index (χ1) is 15.8. The highest BCUT2D eigenvalue weighted by Crippen LogP contribution is 2.35. The fraction of sp³-hybridized carbons (Fsp3) is 0.348. The number of nitrogens with one attached hydrogen (secondary N) is 1. The molecule has 3 heterocycles. The first-order valence-electron chi connectivity index (χ1n) is 10.8. The Morgan fingerprint density at radius 2 is 1.76 bits per heavy atom. The van der Waals surface area contributed by atoms with Gasteiger partial charge in [0.1, 0.15) is 18.2 Å². The van der Waals surface area contributed by atoms with E-state index < -0.39 is 10.0 Å². The Bertz CT molecular complexity index is 1210. The molecule has 33 heavy (non-hydrogen) atoms. The van der Waals surface area contributed by atoms with E-state index in [0.29, 0.717) is 38.5 Å². The lowest BCUT2D eigenvalue weighted by Gasteiger charge is -2.28. The van der Waals surface area contributed by atoms with E-state index in [1.165, 1.54) is 16.4 Å². The number of rotatable bonds is 4. The molecule has 2 amide bonds. The maximum Gasteiger partial charge on any atom is 0.318 e. The number of carbonyl (C=O) groups excluding carboxylic acids is 1. The Labute approximate surface area is 192 Å². The van der Waals surface area contributed by atoms with Gasteiger partial charge in [-0.05, 0) is 47.0 Å². The minimum absolute atomic E-state index is 0.221. The molecule has 0 unspecified atom stereocenters. The normalized spacial score (nSPS) is 18.2. The zero-order valence-corrected chi connectivity index (χ0v) is 19.1. The van der Waals surface area contributed by atoms with Crippen LogP contribution in [0.25, 0.3) is 0 Å². The molecule has 1 N–H and O–H groups in total. The van der Waals surface area contributed by atoms with Crippen molar-refractivity contribution < 1.29 is 22.3 Å². The van der Waals surface area contributed by atoms with Crippen LogP contribution in [0.3, 0.4) is 0 Å². The Kier molecular flexibility index (Phi) is 5.49. The molecule has 8 nitrogen and oxygen atoms in total. The molecule has 0 bridgehead atoms. The lowest BCUT2D eigenvalue weighted by molar-refractivity contribution is 0.208. The Morgan fingerprint density at radius 3 is 2.45 bits per heavy atom. The highest BCUT2D eigenvalue weighted by Gasteiger charge is 2.38. The van der Waals surface area contributed by atoms with E-state index in [0.717, 1.165) is 22.4 Å². The van der Waals surface area contributed by atoms with Gasteiger partial charge < -0.3 is 19.9 Å². The first kappa shape index (κ1) is 21.7. The summed E-state index contributed by atoms with van der Waals surface area (Å²) in [6.45, 7) is 2.94. The number of ether oxygens (including phenoxy) is 1. The number of benzene rings is 2. The minimum Gasteiger partial charge on any atom is -0.490 e. The van der Waals surface area contributed by atoms with Crippen molar-refractivity contribution in [2.75, 3.05) is 51.3 Å². The second-order valence-electron chi connectivity index (χ2n) is 8.52. The number of fused-ring (bicyclic) bond motifs is 1. The van der Waals surface area contributed by atoms with Crippen LogP contribution in [0.5, 0.6) is 5.75 Å². The molecular formula is C23H25FN4O4S. The summed E-state index contributed by atoms with van der Waals surface area (Å²) in [6, 6.07) is 10.7. The summed E-state index contributed by atoms with van der Waals surface area (Å²) < 4.78 is 46.7. The molecular weight excluding hydrogens is 447 g/mol. The SMILES string of the molecule is CN1CCOc2ccc(S(=O)(=O)N3CC4=C(CN(C(=O)NCc5ccc(F)cc5)C4)C3)cc21. The number of hydrogen-bond acceptors (Lipinski definition) is 5. The van der Waals surface area contributed by atoms with Gasteiger partial charge in [-0.1, -0.05) is 12.1 Å². The molecule has 0 saturated carbocycles. The summed E-state index contributed by atoms with van der Waals surface area (Å²) in [5.41, 5.74) is 3.51. The van der Waals surface area contributed by atoms with Crippen LogP contribution >= 0.6 is 0 Å². The van der Waals surface area contributed by atoms with Crippen molar-refractivity contribution in [3.63, 3.8) is 0 Å². The molecule has 2 aromatic rings. The molecule has 0 aliphatic carbocycles. The first-order valence-corrected chi connectivity index (χ1v) is 12.2. The smallest absolute Gasteiger partial charge is 0.318 e. The third-order valence-corrected chi connectivity index (χ3v) is 8.09. The van der Waals surface area contributed by atoms with Crippen molar-refractivity contribution in [2.45, 2.75) is 11.4 Å². The van der Waals surface area contributed by atoms with Gasteiger partial charge in [-0.3, -0.25) is 0 Å². The van der Waals surface area contributed by atoms with Gasteiger partial charge in [0.05, 0.1) is 17.1 Å². The van der Waals surface area contributed by atoms with E-state index in [1.54, 1.807) is 35.2 Å². The Hall–Kier alpha value is -3.11. The van der Waals surface area contributed by atoms with Gasteiger partial charge >= 0.3 is 6.03 Å². The van der Waals surface area contributed by atoms with Gasteiger partial charge in [0.15, 0.2) is 0 Å². The van der Waals surface area contributed by atoms with Crippen molar-refractivity contribution in [3.8, 4) is 5.75 Å². The molecule has 0 radical (unpaired) electrons. The lowest BCUT2D eigenvalue weighted by atomic mass is 10.2. The number of hydrogen-bond donors (Lipinski definition) is 1. The fourth-order valence-corrected chi connectivity index (χ4v) is 5.84. The number of amides is 2. The summed E-state index contributed by atoms with van der Waals surface area (Å²) in [4.78, 5) is 16.5. The number of anilines is 1. The van der Waals surface area contributed by atoms with Crippen LogP contribution in [0.1, 0.15) is 5.56 Å². The highest BCUT2D eigenvalue weighted by atomic mass is 32.2. The Morgan fingerprint density at radius 1 is 1.06 bits per heavy atom. The van der Waals surface area contributed by atoms with Crippen molar-refractivity contribution in [2.24, 2.45) is 0 Å². The third-order valence-electron chi connectivity index (χ3n) is 6.31. The van der Waals surface area contributed by atoms with Gasteiger partial charge in [-0.2, -0.15) is 4.31 Å². The van der Waals surface area contributed by atoms with E-state index in [-0.39, 0.29) is 29.8 Å². The van der Waals surface area contributed by atoms with Gasteiger partial charge in [-0.25, -0.2) is 17.6 Å². The van der Waals surface area contributed by atoms with Crippen molar-refractivity contribution in [3.05, 3.63) is 65.0 Å². The van der Waals surface area contributed by atoms with Crippen molar-refractivity contribution in [1.82, 2.24) is 14.5 Å². The molecule has 0 spiro atoms. The lowest BCUT2D eigenvalue weighted by Crippen LogP contribution is -2.41. The second kappa shape index (κ2) is 8.35. The van der Waals surface area contributed by atoms with Crippen LogP contribution in [0, 0.1) is 5.82 Å². The summed E-state index contributed by atoms with van der Waals surface area (Å²) >= 11 is 0. The molecule has 3 aliphatic heterocycles. The van der Waals surface area contributed by atoms with Crippen LogP contribution < -0.4 is 15.0 Å². The summed E-state index contributed by atoms with van der Waals surface area (Å²) in [5, 5.41) is 2.84. The predicted molar refractivity (Wildman–Crippen MR) is 121 cm³/mol. The van der Waals surface area contributed by atoms with Crippen LogP contribution in [0.2, 0.25) is 0 Å². The van der Waals surface area contributed by atoms with Gasteiger partial charge in [0.25, 0.3) is 0 Å². The van der Waals surface area contributed by atoms with E-state index in [1.807, 2.05) is 11.9 Å². The molecule has 0 fully saturated rings. The summed E-state index contributed by atoms with van der Waals surface area (Å²) in [5.74, 6) is 0.368. The molecule has 3 aliphatic rings. The zero-order valence-electron chi connectivity index (χ0n) is 18.3. The minimum atomic E-state index is -3.67. The standard InChI is InChI=1S/C23H25FN4O4S/c1-26-8-9-32-22-7-6-20(10-21(22)26)33(30,31)28-14-17-12-27(13-18(17)15-28)23(29)25-11-16-2-4-19(24)5-3-16/h2-7,10H,8-9,11-15H2,1H3,(H,25,29). The number of halogens is 1. The molecule has 0 aromatic heterocycles. The van der Waals surface area contributed by atoms with Crippen LogP contribution in [-0.2, 0) is 16.6 Å². The van der Waals surface area contributed by atoms with Gasteiger partial charge in [0, 0.05) is 39.8 Å². The number of likely N-dealkylation sites (N-methyl/N-ethyl adjacent to an activating group) is 1. The van der Waals surface area contributed by atoms with Crippen LogP contribution in [-0.4, -0.2) is 70.0 Å². The molecule has 174 valence electrons. The van der Waals surface area contributed by atoms with Crippen molar-refractivity contribution in [1.29, 1.82) is 0 Å². The molecule has 0 atom stereocenters. The van der Waals surface area contributed by atoms with Gasteiger partial charge in [-0.15, -0.1) is 0 Å². The molecule has 0 saturated heterocycles. The van der Waals surface area contributed by atoms with Gasteiger partial charge in [0.2, 0.25) is 10.0 Å². The molecule has 5 rings (SSSR count). The van der Waals surface area contributed by atoms with Crippen LogP contribution in [0.4, 0.5) is 14.9 Å². The molecule has 2 aromatic carbocycles. The largest absolute Gasteiger partial charge is 0.490 e. The maximum absolute atomic E-state index is 13.3. The van der Waals surface area contributed by atoms with Crippen molar-refractivity contribution >= 4 is 21.7 Å². The monoisotopic (exact) mass is 472 g/mol. The third kappa shape index (κ3) is 4.16. The second-order valence-corrected chi connectivity index (χ2v) is 10.5. The van der Waals surface area contributed by atoms with E-state index >= 15 is 0 Å². The average molecular weight is 473 g/mol. The molecule has 10 heteroatoms. The topological polar surface area (TPSA) is 82.2 Å². The number of carbonyl (C=O) groups is 1. The number of nitrogens with zero attached hydrogens (tertiary/aromatic N) is 3. The fourth-order valence-electron chi connectivity index (χ4n) is 4.39.